The van der Waals surface area contributed by atoms with Crippen molar-refractivity contribution in [1.29, 1.82) is 0 Å². The van der Waals surface area contributed by atoms with Crippen molar-refractivity contribution < 1.29 is 9.59 Å². The number of anilines is 1. The Morgan fingerprint density at radius 2 is 1.69 bits per heavy atom. The van der Waals surface area contributed by atoms with Crippen LogP contribution in [0.5, 0.6) is 0 Å². The van der Waals surface area contributed by atoms with Crippen molar-refractivity contribution in [3.8, 4) is 0 Å². The van der Waals surface area contributed by atoms with E-state index in [9.17, 15) is 9.59 Å². The zero-order chi connectivity index (χ0) is 9.59. The van der Waals surface area contributed by atoms with Crippen LogP contribution < -0.4 is 11.1 Å². The maximum absolute atomic E-state index is 11.1. The van der Waals surface area contributed by atoms with E-state index in [1.165, 1.54) is 6.07 Å². The Hall–Kier alpha value is -1.36. The van der Waals surface area contributed by atoms with Crippen molar-refractivity contribution in [3.05, 3.63) is 27.7 Å². The molecule has 0 bridgehead atoms. The lowest BCUT2D eigenvalue weighted by atomic mass is 10.1. The van der Waals surface area contributed by atoms with Gasteiger partial charge in [-0.15, -0.1) is 0 Å². The lowest BCUT2D eigenvalue weighted by molar-refractivity contribution is 0.0879. The number of benzene rings is 1. The summed E-state index contributed by atoms with van der Waals surface area (Å²) in [5, 5.41) is 2.18. The normalized spacial score (nSPS) is 14.2. The maximum Gasteiger partial charge on any atom is 0.259 e. The van der Waals surface area contributed by atoms with E-state index in [0.29, 0.717) is 21.3 Å². The highest BCUT2D eigenvalue weighted by atomic mass is 79.9. The van der Waals surface area contributed by atoms with Crippen molar-refractivity contribution in [3.63, 3.8) is 0 Å². The van der Waals surface area contributed by atoms with Gasteiger partial charge in [0.25, 0.3) is 11.8 Å². The summed E-state index contributed by atoms with van der Waals surface area (Å²) >= 11 is 3.18. The monoisotopic (exact) mass is 240 g/mol. The molecule has 2 rings (SSSR count). The molecule has 1 aromatic rings. The van der Waals surface area contributed by atoms with Crippen LogP contribution in [0.25, 0.3) is 0 Å². The first kappa shape index (κ1) is 8.25. The highest BCUT2D eigenvalue weighted by molar-refractivity contribution is 9.10. The fraction of sp³-hybridized carbons (Fsp3) is 0. The van der Waals surface area contributed by atoms with E-state index in [2.05, 4.69) is 21.2 Å². The standard InChI is InChI=1S/C8H5BrN2O2/c9-5-1-3-4(2-6(5)10)8(13)11-7(3)12/h1-2H,10H2,(H,11,12,13). The van der Waals surface area contributed by atoms with Gasteiger partial charge in [-0.2, -0.15) is 0 Å². The summed E-state index contributed by atoms with van der Waals surface area (Å²) in [6.45, 7) is 0. The van der Waals surface area contributed by atoms with Gasteiger partial charge in [0, 0.05) is 10.2 Å². The molecule has 13 heavy (non-hydrogen) atoms. The molecule has 4 nitrogen and oxygen atoms in total. The molecular formula is C8H5BrN2O2. The minimum atomic E-state index is -0.390. The fourth-order valence-corrected chi connectivity index (χ4v) is 1.55. The molecular weight excluding hydrogens is 236 g/mol. The summed E-state index contributed by atoms with van der Waals surface area (Å²) in [5.41, 5.74) is 6.72. The molecule has 0 aliphatic carbocycles. The Labute approximate surface area is 82.2 Å². The van der Waals surface area contributed by atoms with Gasteiger partial charge < -0.3 is 5.73 Å². The number of hydrogen-bond donors (Lipinski definition) is 2. The summed E-state index contributed by atoms with van der Waals surface area (Å²) in [4.78, 5) is 22.3. The molecule has 1 aromatic carbocycles. The first-order valence-electron chi connectivity index (χ1n) is 3.54. The average Bonchev–Trinajstić information content (AvgIpc) is 2.31. The van der Waals surface area contributed by atoms with Crippen LogP contribution in [0.3, 0.4) is 0 Å². The Balaban J connectivity index is 2.72. The highest BCUT2D eigenvalue weighted by Gasteiger charge is 2.27. The van der Waals surface area contributed by atoms with Gasteiger partial charge in [0.15, 0.2) is 0 Å². The molecule has 66 valence electrons. The summed E-state index contributed by atoms with van der Waals surface area (Å²) in [6.07, 6.45) is 0. The minimum absolute atomic E-state index is 0.339. The van der Waals surface area contributed by atoms with Gasteiger partial charge in [-0.25, -0.2) is 0 Å². The molecule has 0 atom stereocenters. The fourth-order valence-electron chi connectivity index (χ4n) is 1.20. The summed E-state index contributed by atoms with van der Waals surface area (Å²) in [7, 11) is 0. The third-order valence-electron chi connectivity index (χ3n) is 1.85. The van der Waals surface area contributed by atoms with E-state index in [-0.39, 0.29) is 11.8 Å². The van der Waals surface area contributed by atoms with E-state index in [1.807, 2.05) is 0 Å². The van der Waals surface area contributed by atoms with Gasteiger partial charge in [0.2, 0.25) is 0 Å². The van der Waals surface area contributed by atoms with Crippen LogP contribution in [-0.4, -0.2) is 11.8 Å². The van der Waals surface area contributed by atoms with Crippen molar-refractivity contribution in [2.75, 3.05) is 5.73 Å². The lowest BCUT2D eigenvalue weighted by Gasteiger charge is -1.99. The average molecular weight is 241 g/mol. The van der Waals surface area contributed by atoms with Crippen LogP contribution in [0.15, 0.2) is 16.6 Å². The van der Waals surface area contributed by atoms with Crippen LogP contribution >= 0.6 is 15.9 Å². The van der Waals surface area contributed by atoms with Crippen molar-refractivity contribution in [2.45, 2.75) is 0 Å². The van der Waals surface area contributed by atoms with Gasteiger partial charge >= 0.3 is 0 Å². The molecule has 5 heteroatoms. The predicted molar refractivity (Wildman–Crippen MR) is 50.4 cm³/mol. The molecule has 2 amide bonds. The van der Waals surface area contributed by atoms with Gasteiger partial charge in [-0.3, -0.25) is 14.9 Å². The van der Waals surface area contributed by atoms with E-state index in [4.69, 9.17) is 5.73 Å². The Kier molecular flexibility index (Phi) is 1.63. The van der Waals surface area contributed by atoms with Crippen LogP contribution in [0.4, 0.5) is 5.69 Å². The zero-order valence-corrected chi connectivity index (χ0v) is 8.01. The zero-order valence-electron chi connectivity index (χ0n) is 6.43. The Morgan fingerprint density at radius 1 is 1.15 bits per heavy atom. The summed E-state index contributed by atoms with van der Waals surface area (Å²) in [5.74, 6) is -0.764. The number of imide groups is 1. The molecule has 0 saturated heterocycles. The first-order chi connectivity index (χ1) is 6.09. The summed E-state index contributed by atoms with van der Waals surface area (Å²) in [6, 6.07) is 3.03. The van der Waals surface area contributed by atoms with Crippen molar-refractivity contribution in [1.82, 2.24) is 5.32 Å². The quantitative estimate of drug-likeness (QED) is 0.523. The number of rotatable bonds is 0. The number of hydrogen-bond acceptors (Lipinski definition) is 3. The molecule has 0 aromatic heterocycles. The molecule has 0 unspecified atom stereocenters. The van der Waals surface area contributed by atoms with E-state index in [0.717, 1.165) is 0 Å². The topological polar surface area (TPSA) is 72.2 Å². The maximum atomic E-state index is 11.1. The Morgan fingerprint density at radius 3 is 2.31 bits per heavy atom. The van der Waals surface area contributed by atoms with Crippen molar-refractivity contribution in [2.24, 2.45) is 0 Å². The third-order valence-corrected chi connectivity index (χ3v) is 2.54. The number of nitrogens with one attached hydrogen (secondary N) is 1. The van der Waals surface area contributed by atoms with E-state index in [1.54, 1.807) is 6.07 Å². The Bertz CT molecular complexity index is 389. The number of nitrogen functional groups attached to an aromatic ring is 1. The van der Waals surface area contributed by atoms with Crippen LogP contribution in [-0.2, 0) is 0 Å². The second-order valence-electron chi connectivity index (χ2n) is 2.70. The third kappa shape index (κ3) is 1.12. The molecule has 0 saturated carbocycles. The number of carbonyl (C=O) groups is 2. The molecule has 3 N–H and O–H groups in total. The number of nitrogens with two attached hydrogens (primary N) is 1. The number of carbonyl (C=O) groups excluding carboxylic acids is 2. The van der Waals surface area contributed by atoms with Gasteiger partial charge in [-0.05, 0) is 28.1 Å². The van der Waals surface area contributed by atoms with Crippen LogP contribution in [0.2, 0.25) is 0 Å². The molecule has 1 aliphatic rings. The van der Waals surface area contributed by atoms with Crippen molar-refractivity contribution >= 4 is 33.4 Å². The molecule has 1 aliphatic heterocycles. The summed E-state index contributed by atoms with van der Waals surface area (Å²) < 4.78 is 0.621. The molecule has 0 fully saturated rings. The predicted octanol–water partition coefficient (Wildman–Crippen LogP) is 0.915. The van der Waals surface area contributed by atoms with Crippen LogP contribution in [0.1, 0.15) is 20.7 Å². The number of fused-ring (bicyclic) bond motifs is 1. The van der Waals surface area contributed by atoms with Gasteiger partial charge in [0.1, 0.15) is 0 Å². The number of halogens is 1. The molecule has 0 radical (unpaired) electrons. The van der Waals surface area contributed by atoms with Gasteiger partial charge in [-0.1, -0.05) is 0 Å². The van der Waals surface area contributed by atoms with E-state index < -0.39 is 0 Å². The molecule has 1 heterocycles. The van der Waals surface area contributed by atoms with Crippen LogP contribution in [0, 0.1) is 0 Å². The van der Waals surface area contributed by atoms with E-state index >= 15 is 0 Å². The smallest absolute Gasteiger partial charge is 0.259 e. The first-order valence-corrected chi connectivity index (χ1v) is 4.33. The second kappa shape index (κ2) is 2.56. The second-order valence-corrected chi connectivity index (χ2v) is 3.56. The minimum Gasteiger partial charge on any atom is -0.398 e. The lowest BCUT2D eigenvalue weighted by Crippen LogP contribution is -2.19. The van der Waals surface area contributed by atoms with Gasteiger partial charge in [0.05, 0.1) is 11.1 Å². The molecule has 0 spiro atoms. The highest BCUT2D eigenvalue weighted by Crippen LogP contribution is 2.26. The largest absolute Gasteiger partial charge is 0.398 e. The number of amides is 2. The SMILES string of the molecule is Nc1cc2c(cc1Br)C(=O)NC2=O.